The number of hydrogen-bond acceptors (Lipinski definition) is 4. The highest BCUT2D eigenvalue weighted by Crippen LogP contribution is 2.24. The Morgan fingerprint density at radius 3 is 2.67 bits per heavy atom. The van der Waals surface area contributed by atoms with Gasteiger partial charge in [-0.2, -0.15) is 5.26 Å². The lowest BCUT2D eigenvalue weighted by Crippen LogP contribution is -2.00. The third-order valence-electron chi connectivity index (χ3n) is 3.02. The van der Waals surface area contributed by atoms with Gasteiger partial charge < -0.3 is 0 Å². The molecule has 0 bridgehead atoms. The third-order valence-corrected chi connectivity index (χ3v) is 3.86. The van der Waals surface area contributed by atoms with Crippen molar-refractivity contribution in [3.05, 3.63) is 76.1 Å². The average molecular weight is 290 g/mol. The second-order valence-corrected chi connectivity index (χ2v) is 5.28. The molecule has 0 amide bonds. The minimum absolute atomic E-state index is 0.0803. The molecule has 21 heavy (non-hydrogen) atoms. The van der Waals surface area contributed by atoms with Crippen LogP contribution in [0.3, 0.4) is 0 Å². The summed E-state index contributed by atoms with van der Waals surface area (Å²) in [6.45, 7) is 0. The predicted octanol–water partition coefficient (Wildman–Crippen LogP) is 3.91. The lowest BCUT2D eigenvalue weighted by molar-refractivity contribution is 0.103. The van der Waals surface area contributed by atoms with Crippen molar-refractivity contribution in [1.29, 1.82) is 5.26 Å². The van der Waals surface area contributed by atoms with E-state index in [1.54, 1.807) is 24.3 Å². The fourth-order valence-electron chi connectivity index (χ4n) is 1.97. The third kappa shape index (κ3) is 2.73. The molecule has 3 rings (SSSR count). The van der Waals surface area contributed by atoms with Gasteiger partial charge in [0.15, 0.2) is 5.01 Å². The molecular formula is C17H10N2OS. The molecule has 0 saturated heterocycles. The second kappa shape index (κ2) is 5.70. The minimum Gasteiger partial charge on any atom is -0.286 e. The summed E-state index contributed by atoms with van der Waals surface area (Å²) < 4.78 is 0. The molecule has 0 fully saturated rings. The number of hydrogen-bond donors (Lipinski definition) is 0. The highest BCUT2D eigenvalue weighted by molar-refractivity contribution is 7.12. The topological polar surface area (TPSA) is 53.8 Å². The van der Waals surface area contributed by atoms with Gasteiger partial charge in [0.05, 0.1) is 17.3 Å². The fourth-order valence-corrected chi connectivity index (χ4v) is 2.76. The Hall–Kier alpha value is -2.77. The van der Waals surface area contributed by atoms with Gasteiger partial charge in [-0.1, -0.05) is 42.5 Å². The summed E-state index contributed by atoms with van der Waals surface area (Å²) >= 11 is 1.32. The second-order valence-electron chi connectivity index (χ2n) is 4.43. The van der Waals surface area contributed by atoms with Crippen LogP contribution in [0.25, 0.3) is 11.3 Å². The van der Waals surface area contributed by atoms with Crippen LogP contribution in [0.5, 0.6) is 0 Å². The maximum absolute atomic E-state index is 12.3. The maximum atomic E-state index is 12.3. The van der Waals surface area contributed by atoms with Crippen LogP contribution in [0.2, 0.25) is 0 Å². The first-order valence-electron chi connectivity index (χ1n) is 6.34. The molecule has 1 heterocycles. The van der Waals surface area contributed by atoms with Crippen LogP contribution in [-0.4, -0.2) is 10.8 Å². The Kier molecular flexibility index (Phi) is 3.59. The lowest BCUT2D eigenvalue weighted by atomic mass is 10.1. The first-order valence-corrected chi connectivity index (χ1v) is 7.22. The molecule has 0 N–H and O–H groups in total. The Balaban J connectivity index is 1.93. The van der Waals surface area contributed by atoms with E-state index in [0.717, 1.165) is 11.3 Å². The van der Waals surface area contributed by atoms with E-state index in [9.17, 15) is 4.79 Å². The van der Waals surface area contributed by atoms with E-state index in [1.165, 1.54) is 11.3 Å². The SMILES string of the molecule is N#Cc1cccc(-c2csc(C(=O)c3ccccc3)n2)c1. The molecule has 0 saturated carbocycles. The maximum Gasteiger partial charge on any atom is 0.221 e. The zero-order valence-corrected chi connectivity index (χ0v) is 11.8. The number of carbonyl (C=O) groups is 1. The molecule has 3 aromatic rings. The van der Waals surface area contributed by atoms with Crippen LogP contribution in [0.15, 0.2) is 60.0 Å². The Morgan fingerprint density at radius 1 is 1.10 bits per heavy atom. The van der Waals surface area contributed by atoms with E-state index in [1.807, 2.05) is 35.7 Å². The highest BCUT2D eigenvalue weighted by atomic mass is 32.1. The Bertz CT molecular complexity index is 831. The molecular weight excluding hydrogens is 280 g/mol. The molecule has 0 spiro atoms. The van der Waals surface area contributed by atoms with Crippen molar-refractivity contribution in [2.75, 3.05) is 0 Å². The molecule has 0 unspecified atom stereocenters. The van der Waals surface area contributed by atoms with Gasteiger partial charge in [-0.05, 0) is 12.1 Å². The van der Waals surface area contributed by atoms with Crippen LogP contribution < -0.4 is 0 Å². The van der Waals surface area contributed by atoms with Crippen LogP contribution in [-0.2, 0) is 0 Å². The molecule has 0 aliphatic carbocycles. The van der Waals surface area contributed by atoms with E-state index in [4.69, 9.17) is 5.26 Å². The van der Waals surface area contributed by atoms with E-state index >= 15 is 0 Å². The summed E-state index contributed by atoms with van der Waals surface area (Å²) in [5.74, 6) is -0.0803. The summed E-state index contributed by atoms with van der Waals surface area (Å²) in [7, 11) is 0. The monoisotopic (exact) mass is 290 g/mol. The minimum atomic E-state index is -0.0803. The number of thiazole rings is 1. The standard InChI is InChI=1S/C17H10N2OS/c18-10-12-5-4-8-14(9-12)15-11-21-17(19-15)16(20)13-6-2-1-3-7-13/h1-9,11H. The first kappa shape index (κ1) is 13.2. The largest absolute Gasteiger partial charge is 0.286 e. The van der Waals surface area contributed by atoms with Crippen molar-refractivity contribution < 1.29 is 4.79 Å². The normalized spacial score (nSPS) is 10.0. The van der Waals surface area contributed by atoms with Gasteiger partial charge >= 0.3 is 0 Å². The molecule has 3 nitrogen and oxygen atoms in total. The van der Waals surface area contributed by atoms with E-state index in [0.29, 0.717) is 16.1 Å². The van der Waals surface area contributed by atoms with Crippen LogP contribution >= 0.6 is 11.3 Å². The Morgan fingerprint density at radius 2 is 1.90 bits per heavy atom. The van der Waals surface area contributed by atoms with Gasteiger partial charge in [0.25, 0.3) is 0 Å². The lowest BCUT2D eigenvalue weighted by Gasteiger charge is -1.97. The van der Waals surface area contributed by atoms with Crippen molar-refractivity contribution in [1.82, 2.24) is 4.98 Å². The molecule has 0 aliphatic rings. The van der Waals surface area contributed by atoms with Gasteiger partial charge in [-0.3, -0.25) is 4.79 Å². The number of aromatic nitrogens is 1. The smallest absolute Gasteiger partial charge is 0.221 e. The first-order chi connectivity index (χ1) is 10.3. The Labute approximate surface area is 126 Å². The molecule has 4 heteroatoms. The van der Waals surface area contributed by atoms with E-state index in [2.05, 4.69) is 11.1 Å². The zero-order valence-electron chi connectivity index (χ0n) is 11.0. The summed E-state index contributed by atoms with van der Waals surface area (Å²) in [5.41, 5.74) is 2.77. The predicted molar refractivity (Wildman–Crippen MR) is 82.1 cm³/mol. The number of rotatable bonds is 3. The van der Waals surface area contributed by atoms with Gasteiger partial charge in [-0.25, -0.2) is 4.98 Å². The molecule has 0 radical (unpaired) electrons. The summed E-state index contributed by atoms with van der Waals surface area (Å²) in [6.07, 6.45) is 0. The van der Waals surface area contributed by atoms with Gasteiger partial charge in [-0.15, -0.1) is 11.3 Å². The van der Waals surface area contributed by atoms with Crippen molar-refractivity contribution in [2.45, 2.75) is 0 Å². The summed E-state index contributed by atoms with van der Waals surface area (Å²) in [5, 5.41) is 11.2. The molecule has 0 atom stereocenters. The zero-order chi connectivity index (χ0) is 14.7. The molecule has 2 aromatic carbocycles. The fraction of sp³-hybridized carbons (Fsp3) is 0. The molecule has 1 aromatic heterocycles. The highest BCUT2D eigenvalue weighted by Gasteiger charge is 2.14. The number of nitrogens with zero attached hydrogens (tertiary/aromatic N) is 2. The number of carbonyl (C=O) groups excluding carboxylic acids is 1. The summed E-state index contributed by atoms with van der Waals surface area (Å²) in [4.78, 5) is 16.7. The summed E-state index contributed by atoms with van der Waals surface area (Å²) in [6, 6.07) is 18.4. The van der Waals surface area contributed by atoms with Crippen molar-refractivity contribution in [3.63, 3.8) is 0 Å². The van der Waals surface area contributed by atoms with Crippen molar-refractivity contribution in [3.8, 4) is 17.3 Å². The van der Waals surface area contributed by atoms with Gasteiger partial charge in [0, 0.05) is 16.5 Å². The average Bonchev–Trinajstić information content (AvgIpc) is 3.05. The number of benzene rings is 2. The van der Waals surface area contributed by atoms with Gasteiger partial charge in [0.2, 0.25) is 5.78 Å². The van der Waals surface area contributed by atoms with E-state index in [-0.39, 0.29) is 5.78 Å². The van der Waals surface area contributed by atoms with Crippen molar-refractivity contribution in [2.24, 2.45) is 0 Å². The van der Waals surface area contributed by atoms with Crippen molar-refractivity contribution >= 4 is 17.1 Å². The quantitative estimate of drug-likeness (QED) is 0.687. The van der Waals surface area contributed by atoms with E-state index < -0.39 is 0 Å². The van der Waals surface area contributed by atoms with Crippen LogP contribution in [0.4, 0.5) is 0 Å². The molecule has 0 aliphatic heterocycles. The van der Waals surface area contributed by atoms with Gasteiger partial charge in [0.1, 0.15) is 0 Å². The number of ketones is 1. The van der Waals surface area contributed by atoms with Crippen LogP contribution in [0.1, 0.15) is 20.9 Å². The number of nitriles is 1. The molecule has 100 valence electrons. The van der Waals surface area contributed by atoms with Crippen LogP contribution in [0, 0.1) is 11.3 Å².